The third kappa shape index (κ3) is 5.36. The molecule has 1 atom stereocenters. The van der Waals surface area contributed by atoms with E-state index in [1.54, 1.807) is 22.5 Å². The Bertz CT molecular complexity index is 942. The molecule has 0 unspecified atom stereocenters. The Balaban J connectivity index is 1.59. The summed E-state index contributed by atoms with van der Waals surface area (Å²) in [7, 11) is -3.60. The molecule has 1 saturated heterocycles. The van der Waals surface area contributed by atoms with E-state index in [-0.39, 0.29) is 16.8 Å². The first-order valence-electron chi connectivity index (χ1n) is 9.97. The molecule has 2 aromatic carbocycles. The summed E-state index contributed by atoms with van der Waals surface area (Å²) in [6, 6.07) is 13.9. The number of nitrogens with zero attached hydrogens (tertiary/aromatic N) is 1. The Morgan fingerprint density at radius 3 is 2.66 bits per heavy atom. The molecule has 0 saturated carbocycles. The van der Waals surface area contributed by atoms with Crippen LogP contribution >= 0.6 is 0 Å². The van der Waals surface area contributed by atoms with Crippen LogP contribution in [-0.2, 0) is 10.0 Å². The minimum Gasteiger partial charge on any atom is -0.492 e. The van der Waals surface area contributed by atoms with Gasteiger partial charge >= 0.3 is 0 Å². The van der Waals surface area contributed by atoms with Gasteiger partial charge in [-0.15, -0.1) is 0 Å². The average molecular weight is 417 g/mol. The summed E-state index contributed by atoms with van der Waals surface area (Å²) in [5.41, 5.74) is 1.48. The monoisotopic (exact) mass is 416 g/mol. The number of amides is 1. The van der Waals surface area contributed by atoms with E-state index in [0.717, 1.165) is 30.6 Å². The van der Waals surface area contributed by atoms with Crippen LogP contribution in [0.3, 0.4) is 0 Å². The SMILES string of the molecule is Cc1ccc(OCCNC(=O)c2cccc(S(=O)(=O)N3CCCC[C@@H]3C)c2)cc1. The van der Waals surface area contributed by atoms with E-state index in [0.29, 0.717) is 25.3 Å². The maximum atomic E-state index is 13.0. The molecule has 0 aliphatic carbocycles. The number of hydrogen-bond donors (Lipinski definition) is 1. The lowest BCUT2D eigenvalue weighted by molar-refractivity contribution is 0.0947. The number of aryl methyl sites for hydroxylation is 1. The first kappa shape index (κ1) is 21.3. The molecule has 1 fully saturated rings. The second kappa shape index (κ2) is 9.41. The Hall–Kier alpha value is -2.38. The van der Waals surface area contributed by atoms with Crippen LogP contribution in [0.5, 0.6) is 5.75 Å². The Morgan fingerprint density at radius 2 is 1.93 bits per heavy atom. The number of sulfonamides is 1. The Labute approximate surface area is 172 Å². The van der Waals surface area contributed by atoms with Crippen LogP contribution in [-0.4, -0.2) is 44.4 Å². The number of carbonyl (C=O) groups is 1. The summed E-state index contributed by atoms with van der Waals surface area (Å²) < 4.78 is 33.1. The van der Waals surface area contributed by atoms with E-state index >= 15 is 0 Å². The smallest absolute Gasteiger partial charge is 0.251 e. The fourth-order valence-corrected chi connectivity index (χ4v) is 5.18. The van der Waals surface area contributed by atoms with Gasteiger partial charge in [0.1, 0.15) is 12.4 Å². The van der Waals surface area contributed by atoms with Crippen LogP contribution in [0.15, 0.2) is 53.4 Å². The zero-order valence-electron chi connectivity index (χ0n) is 16.9. The minimum atomic E-state index is -3.60. The lowest BCUT2D eigenvalue weighted by atomic mass is 10.1. The van der Waals surface area contributed by atoms with E-state index < -0.39 is 10.0 Å². The van der Waals surface area contributed by atoms with Gasteiger partial charge in [-0.2, -0.15) is 4.31 Å². The maximum absolute atomic E-state index is 13.0. The molecule has 6 nitrogen and oxygen atoms in total. The number of carbonyl (C=O) groups excluding carboxylic acids is 1. The van der Waals surface area contributed by atoms with Crippen LogP contribution in [0.1, 0.15) is 42.1 Å². The first-order valence-corrected chi connectivity index (χ1v) is 11.4. The minimum absolute atomic E-state index is 0.0230. The highest BCUT2D eigenvalue weighted by molar-refractivity contribution is 7.89. The summed E-state index contributed by atoms with van der Waals surface area (Å²) in [4.78, 5) is 12.6. The topological polar surface area (TPSA) is 75.7 Å². The molecule has 0 bridgehead atoms. The zero-order valence-corrected chi connectivity index (χ0v) is 17.7. The highest BCUT2D eigenvalue weighted by Crippen LogP contribution is 2.25. The van der Waals surface area contributed by atoms with Gasteiger partial charge in [-0.3, -0.25) is 4.79 Å². The largest absolute Gasteiger partial charge is 0.492 e. The first-order chi connectivity index (χ1) is 13.9. The van der Waals surface area contributed by atoms with Crippen molar-refractivity contribution in [2.24, 2.45) is 0 Å². The number of benzene rings is 2. The van der Waals surface area contributed by atoms with Gasteiger partial charge in [-0.1, -0.05) is 30.2 Å². The van der Waals surface area contributed by atoms with Gasteiger partial charge in [-0.25, -0.2) is 8.42 Å². The molecule has 0 spiro atoms. The van der Waals surface area contributed by atoms with Crippen molar-refractivity contribution in [3.8, 4) is 5.75 Å². The Kier molecular flexibility index (Phi) is 6.92. The van der Waals surface area contributed by atoms with Crippen LogP contribution < -0.4 is 10.1 Å². The molecule has 1 N–H and O–H groups in total. The molecule has 7 heteroatoms. The highest BCUT2D eigenvalue weighted by atomic mass is 32.2. The Morgan fingerprint density at radius 1 is 1.17 bits per heavy atom. The number of rotatable bonds is 7. The van der Waals surface area contributed by atoms with Crippen molar-refractivity contribution in [1.29, 1.82) is 0 Å². The van der Waals surface area contributed by atoms with E-state index in [2.05, 4.69) is 5.32 Å². The number of nitrogens with one attached hydrogen (secondary N) is 1. The predicted octanol–water partition coefficient (Wildman–Crippen LogP) is 3.37. The van der Waals surface area contributed by atoms with Crippen LogP contribution in [0.4, 0.5) is 0 Å². The molecular formula is C22H28N2O4S. The molecular weight excluding hydrogens is 388 g/mol. The second-order valence-electron chi connectivity index (χ2n) is 7.41. The summed E-state index contributed by atoms with van der Waals surface area (Å²) in [5, 5.41) is 2.78. The molecule has 1 heterocycles. The molecule has 1 amide bonds. The third-order valence-corrected chi connectivity index (χ3v) is 7.13. The van der Waals surface area contributed by atoms with Crippen molar-refractivity contribution in [3.63, 3.8) is 0 Å². The van der Waals surface area contributed by atoms with Crippen molar-refractivity contribution in [2.45, 2.75) is 44.0 Å². The van der Waals surface area contributed by atoms with E-state index in [1.807, 2.05) is 38.1 Å². The number of hydrogen-bond acceptors (Lipinski definition) is 4. The summed E-state index contributed by atoms with van der Waals surface area (Å²) >= 11 is 0. The van der Waals surface area contributed by atoms with Crippen molar-refractivity contribution in [3.05, 3.63) is 59.7 Å². The van der Waals surface area contributed by atoms with Gasteiger partial charge < -0.3 is 10.1 Å². The normalized spacial score (nSPS) is 17.7. The highest BCUT2D eigenvalue weighted by Gasteiger charge is 2.31. The predicted molar refractivity (Wildman–Crippen MR) is 113 cm³/mol. The van der Waals surface area contributed by atoms with Crippen LogP contribution in [0.2, 0.25) is 0 Å². The fourth-order valence-electron chi connectivity index (χ4n) is 3.43. The maximum Gasteiger partial charge on any atom is 0.251 e. The van der Waals surface area contributed by atoms with Crippen LogP contribution in [0.25, 0.3) is 0 Å². The van der Waals surface area contributed by atoms with Crippen LogP contribution in [0, 0.1) is 6.92 Å². The van der Waals surface area contributed by atoms with Gasteiger partial charge in [0.05, 0.1) is 11.4 Å². The average Bonchev–Trinajstić information content (AvgIpc) is 2.72. The zero-order chi connectivity index (χ0) is 20.9. The summed E-state index contributed by atoms with van der Waals surface area (Å²) in [6.07, 6.45) is 2.77. The van der Waals surface area contributed by atoms with Gasteiger partial charge in [-0.05, 0) is 57.0 Å². The van der Waals surface area contributed by atoms with E-state index in [9.17, 15) is 13.2 Å². The molecule has 1 aliphatic rings. The number of piperidine rings is 1. The van der Waals surface area contributed by atoms with E-state index in [1.165, 1.54) is 6.07 Å². The molecule has 156 valence electrons. The standard InChI is InChI=1S/C22H28N2O4S/c1-17-9-11-20(12-10-17)28-15-13-23-22(25)19-7-5-8-21(16-19)29(26,27)24-14-4-3-6-18(24)2/h5,7-12,16,18H,3-4,6,13-15H2,1-2H3,(H,23,25)/t18-/m0/s1. The van der Waals surface area contributed by atoms with Crippen molar-refractivity contribution >= 4 is 15.9 Å². The quantitative estimate of drug-likeness (QED) is 0.702. The third-order valence-electron chi connectivity index (χ3n) is 5.12. The lowest BCUT2D eigenvalue weighted by Gasteiger charge is -2.32. The molecule has 1 aliphatic heterocycles. The van der Waals surface area contributed by atoms with Crippen molar-refractivity contribution in [1.82, 2.24) is 9.62 Å². The molecule has 2 aromatic rings. The van der Waals surface area contributed by atoms with Crippen molar-refractivity contribution < 1.29 is 17.9 Å². The van der Waals surface area contributed by atoms with E-state index in [4.69, 9.17) is 4.74 Å². The number of ether oxygens (including phenoxy) is 1. The lowest BCUT2D eigenvalue weighted by Crippen LogP contribution is -2.42. The second-order valence-corrected chi connectivity index (χ2v) is 9.30. The van der Waals surface area contributed by atoms with Gasteiger partial charge in [0, 0.05) is 18.2 Å². The van der Waals surface area contributed by atoms with Gasteiger partial charge in [0.15, 0.2) is 0 Å². The summed E-state index contributed by atoms with van der Waals surface area (Å²) in [5.74, 6) is 0.426. The molecule has 0 radical (unpaired) electrons. The molecule has 29 heavy (non-hydrogen) atoms. The molecule has 3 rings (SSSR count). The van der Waals surface area contributed by atoms with Gasteiger partial charge in [0.25, 0.3) is 5.91 Å². The summed E-state index contributed by atoms with van der Waals surface area (Å²) in [6.45, 7) is 5.12. The van der Waals surface area contributed by atoms with Crippen molar-refractivity contribution in [2.75, 3.05) is 19.7 Å². The fraction of sp³-hybridized carbons (Fsp3) is 0.409. The van der Waals surface area contributed by atoms with Gasteiger partial charge in [0.2, 0.25) is 10.0 Å². The molecule has 0 aromatic heterocycles.